The van der Waals surface area contributed by atoms with E-state index in [2.05, 4.69) is 4.90 Å². The summed E-state index contributed by atoms with van der Waals surface area (Å²) in [5, 5.41) is 0. The van der Waals surface area contributed by atoms with Crippen molar-refractivity contribution in [3.8, 4) is 28.7 Å². The highest BCUT2D eigenvalue weighted by Gasteiger charge is 2.25. The third kappa shape index (κ3) is 5.63. The number of amides is 1. The van der Waals surface area contributed by atoms with Gasteiger partial charge < -0.3 is 28.6 Å². The predicted molar refractivity (Wildman–Crippen MR) is 126 cm³/mol. The highest BCUT2D eigenvalue weighted by Crippen LogP contribution is 2.40. The zero-order chi connectivity index (χ0) is 24.0. The fraction of sp³-hybridized carbons (Fsp3) is 0.480. The molecular weight excluding hydrogens is 424 g/mol. The summed E-state index contributed by atoms with van der Waals surface area (Å²) < 4.78 is 27.7. The van der Waals surface area contributed by atoms with Crippen molar-refractivity contribution in [2.45, 2.75) is 26.5 Å². The van der Waals surface area contributed by atoms with Crippen LogP contribution in [0.15, 0.2) is 30.3 Å². The number of piperazine rings is 1. The van der Waals surface area contributed by atoms with Crippen LogP contribution in [0.4, 0.5) is 0 Å². The topological polar surface area (TPSA) is 69.7 Å². The van der Waals surface area contributed by atoms with Crippen LogP contribution in [0.1, 0.15) is 29.8 Å². The van der Waals surface area contributed by atoms with Gasteiger partial charge in [-0.15, -0.1) is 0 Å². The summed E-state index contributed by atoms with van der Waals surface area (Å²) in [5.74, 6) is 3.09. The van der Waals surface area contributed by atoms with E-state index in [4.69, 9.17) is 23.7 Å². The Labute approximate surface area is 195 Å². The van der Waals surface area contributed by atoms with E-state index in [0.717, 1.165) is 18.7 Å². The first-order valence-corrected chi connectivity index (χ1v) is 11.1. The van der Waals surface area contributed by atoms with Gasteiger partial charge in [-0.25, -0.2) is 0 Å². The van der Waals surface area contributed by atoms with Crippen LogP contribution in [0.3, 0.4) is 0 Å². The summed E-state index contributed by atoms with van der Waals surface area (Å²) in [6.45, 7) is 7.40. The molecule has 0 N–H and O–H groups in total. The Balaban J connectivity index is 1.65. The van der Waals surface area contributed by atoms with Crippen LogP contribution in [-0.2, 0) is 6.54 Å². The molecule has 0 saturated carbocycles. The lowest BCUT2D eigenvalue weighted by molar-refractivity contribution is 0.0627. The van der Waals surface area contributed by atoms with Gasteiger partial charge >= 0.3 is 0 Å². The van der Waals surface area contributed by atoms with Gasteiger partial charge in [-0.3, -0.25) is 9.69 Å². The summed E-state index contributed by atoms with van der Waals surface area (Å²) >= 11 is 0. The average Bonchev–Trinajstić information content (AvgIpc) is 2.83. The zero-order valence-electron chi connectivity index (χ0n) is 20.3. The molecular formula is C25H34N2O6. The first-order valence-electron chi connectivity index (χ1n) is 11.1. The molecule has 0 spiro atoms. The Morgan fingerprint density at radius 1 is 0.818 bits per heavy atom. The van der Waals surface area contributed by atoms with E-state index in [9.17, 15) is 4.79 Å². The van der Waals surface area contributed by atoms with E-state index in [1.54, 1.807) is 46.6 Å². The number of hydrogen-bond acceptors (Lipinski definition) is 7. The first-order chi connectivity index (χ1) is 15.9. The van der Waals surface area contributed by atoms with Crippen LogP contribution in [0.25, 0.3) is 0 Å². The lowest BCUT2D eigenvalue weighted by Crippen LogP contribution is -2.48. The third-order valence-electron chi connectivity index (χ3n) is 5.61. The lowest BCUT2D eigenvalue weighted by atomic mass is 10.1. The molecule has 1 aliphatic rings. The Morgan fingerprint density at radius 3 is 2.03 bits per heavy atom. The molecule has 8 nitrogen and oxygen atoms in total. The number of methoxy groups -OCH3 is 4. The third-order valence-corrected chi connectivity index (χ3v) is 5.61. The number of hydrogen-bond donors (Lipinski definition) is 0. The van der Waals surface area contributed by atoms with Gasteiger partial charge in [-0.05, 0) is 38.1 Å². The van der Waals surface area contributed by atoms with Gasteiger partial charge in [-0.2, -0.15) is 0 Å². The summed E-state index contributed by atoms with van der Waals surface area (Å²) in [6.07, 6.45) is 0.0258. The van der Waals surface area contributed by atoms with Crippen molar-refractivity contribution >= 4 is 5.91 Å². The molecule has 1 fully saturated rings. The molecule has 2 aromatic carbocycles. The Kier molecular flexibility index (Phi) is 8.27. The highest BCUT2D eigenvalue weighted by molar-refractivity contribution is 5.95. The number of rotatable bonds is 9. The van der Waals surface area contributed by atoms with Gasteiger partial charge in [0.2, 0.25) is 5.75 Å². The second-order valence-corrected chi connectivity index (χ2v) is 8.09. The van der Waals surface area contributed by atoms with Gasteiger partial charge in [0, 0.05) is 43.9 Å². The number of carbonyl (C=O) groups excluding carboxylic acids is 1. The van der Waals surface area contributed by atoms with Crippen LogP contribution >= 0.6 is 0 Å². The standard InChI is InChI=1S/C25H34N2O6/c1-17(2)33-20-9-7-18(15-22(20)30-4)25(28)27-13-11-26(12-14-27)16-19-8-10-21(29-3)24(32-6)23(19)31-5/h7-10,15,17H,11-14,16H2,1-6H3. The average molecular weight is 459 g/mol. The van der Waals surface area contributed by atoms with E-state index >= 15 is 0 Å². The molecule has 0 unspecified atom stereocenters. The molecule has 3 rings (SSSR count). The SMILES string of the molecule is COc1cc(C(=O)N2CCN(Cc3ccc(OC)c(OC)c3OC)CC2)ccc1OC(C)C. The van der Waals surface area contributed by atoms with E-state index in [0.29, 0.717) is 53.9 Å². The summed E-state index contributed by atoms with van der Waals surface area (Å²) in [6, 6.07) is 9.22. The monoisotopic (exact) mass is 458 g/mol. The summed E-state index contributed by atoms with van der Waals surface area (Å²) in [7, 11) is 6.42. The van der Waals surface area contributed by atoms with Crippen LogP contribution in [-0.4, -0.2) is 76.4 Å². The van der Waals surface area contributed by atoms with Crippen molar-refractivity contribution in [2.24, 2.45) is 0 Å². The number of carbonyl (C=O) groups is 1. The molecule has 8 heteroatoms. The molecule has 1 amide bonds. The van der Waals surface area contributed by atoms with E-state index in [1.165, 1.54) is 0 Å². The highest BCUT2D eigenvalue weighted by atomic mass is 16.5. The molecule has 1 heterocycles. The Morgan fingerprint density at radius 2 is 1.45 bits per heavy atom. The molecule has 0 aliphatic carbocycles. The van der Waals surface area contributed by atoms with Crippen molar-refractivity contribution in [1.29, 1.82) is 0 Å². The van der Waals surface area contributed by atoms with Crippen molar-refractivity contribution in [2.75, 3.05) is 54.6 Å². The largest absolute Gasteiger partial charge is 0.493 e. The number of nitrogens with zero attached hydrogens (tertiary/aromatic N) is 2. The molecule has 0 aromatic heterocycles. The minimum Gasteiger partial charge on any atom is -0.493 e. The molecule has 0 radical (unpaired) electrons. The number of benzene rings is 2. The molecule has 2 aromatic rings. The molecule has 1 aliphatic heterocycles. The van der Waals surface area contributed by atoms with Crippen LogP contribution in [0.2, 0.25) is 0 Å². The Hall–Kier alpha value is -3.13. The minimum absolute atomic E-state index is 0.00672. The van der Waals surface area contributed by atoms with Crippen molar-refractivity contribution in [3.63, 3.8) is 0 Å². The smallest absolute Gasteiger partial charge is 0.254 e. The van der Waals surface area contributed by atoms with Crippen molar-refractivity contribution in [1.82, 2.24) is 9.80 Å². The van der Waals surface area contributed by atoms with Crippen molar-refractivity contribution < 1.29 is 28.5 Å². The minimum atomic E-state index is -0.00672. The fourth-order valence-corrected chi connectivity index (χ4v) is 3.97. The maximum Gasteiger partial charge on any atom is 0.254 e. The van der Waals surface area contributed by atoms with Gasteiger partial charge in [-0.1, -0.05) is 6.07 Å². The van der Waals surface area contributed by atoms with Crippen LogP contribution < -0.4 is 23.7 Å². The van der Waals surface area contributed by atoms with Crippen molar-refractivity contribution in [3.05, 3.63) is 41.5 Å². The van der Waals surface area contributed by atoms with Crippen LogP contribution in [0, 0.1) is 0 Å². The molecule has 0 atom stereocenters. The van der Waals surface area contributed by atoms with Gasteiger partial charge in [0.15, 0.2) is 23.0 Å². The summed E-state index contributed by atoms with van der Waals surface area (Å²) in [5.41, 5.74) is 1.61. The summed E-state index contributed by atoms with van der Waals surface area (Å²) in [4.78, 5) is 17.3. The predicted octanol–water partition coefficient (Wildman–Crippen LogP) is 3.47. The number of ether oxygens (including phenoxy) is 5. The first kappa shape index (κ1) is 24.5. The quantitative estimate of drug-likeness (QED) is 0.570. The normalized spacial score (nSPS) is 14.2. The van der Waals surface area contributed by atoms with Gasteiger partial charge in [0.1, 0.15) is 0 Å². The molecule has 0 bridgehead atoms. The maximum absolute atomic E-state index is 13.1. The van der Waals surface area contributed by atoms with Crippen LogP contribution in [0.5, 0.6) is 28.7 Å². The van der Waals surface area contributed by atoms with E-state index in [-0.39, 0.29) is 12.0 Å². The second-order valence-electron chi connectivity index (χ2n) is 8.09. The molecule has 1 saturated heterocycles. The Bertz CT molecular complexity index is 954. The van der Waals surface area contributed by atoms with Gasteiger partial charge in [0.25, 0.3) is 5.91 Å². The van der Waals surface area contributed by atoms with Gasteiger partial charge in [0.05, 0.1) is 34.5 Å². The fourth-order valence-electron chi connectivity index (χ4n) is 3.97. The zero-order valence-corrected chi connectivity index (χ0v) is 20.3. The lowest BCUT2D eigenvalue weighted by Gasteiger charge is -2.35. The van der Waals surface area contributed by atoms with E-state index < -0.39 is 0 Å². The molecule has 33 heavy (non-hydrogen) atoms. The van der Waals surface area contributed by atoms with E-state index in [1.807, 2.05) is 30.9 Å². The molecule has 180 valence electrons. The second kappa shape index (κ2) is 11.1. The maximum atomic E-state index is 13.1.